The van der Waals surface area contributed by atoms with E-state index in [1.54, 1.807) is 0 Å². The third kappa shape index (κ3) is 2.18. The summed E-state index contributed by atoms with van der Waals surface area (Å²) >= 11 is 6.69. The second-order valence-corrected chi connectivity index (χ2v) is 5.55. The monoisotopic (exact) mass is 261 g/mol. The molecule has 1 fully saturated rings. The summed E-state index contributed by atoms with van der Waals surface area (Å²) in [5.74, 6) is -0.246. The third-order valence-corrected chi connectivity index (χ3v) is 3.90. The molecule has 1 N–H and O–H groups in total. The summed E-state index contributed by atoms with van der Waals surface area (Å²) in [5.41, 5.74) is -0.338. The number of hydrogen-bond donors (Lipinski definition) is 1. The zero-order valence-electron chi connectivity index (χ0n) is 8.99. The Bertz CT molecular complexity index is 411. The van der Waals surface area contributed by atoms with Gasteiger partial charge in [0.15, 0.2) is 0 Å². The highest BCUT2D eigenvalue weighted by molar-refractivity contribution is 7.17. The summed E-state index contributed by atoms with van der Waals surface area (Å²) in [6.07, 6.45) is 0.798. The number of nitrogens with zero attached hydrogens (tertiary/aromatic N) is 2. The van der Waals surface area contributed by atoms with Crippen molar-refractivity contribution in [2.75, 3.05) is 6.61 Å². The van der Waals surface area contributed by atoms with Crippen molar-refractivity contribution < 1.29 is 9.53 Å². The van der Waals surface area contributed by atoms with E-state index in [-0.39, 0.29) is 27.0 Å². The van der Waals surface area contributed by atoms with Crippen molar-refractivity contribution in [3.05, 3.63) is 9.47 Å². The van der Waals surface area contributed by atoms with Crippen molar-refractivity contribution in [1.29, 1.82) is 0 Å². The molecule has 2 atom stereocenters. The first-order chi connectivity index (χ1) is 7.51. The lowest BCUT2D eigenvalue weighted by atomic mass is 9.95. The molecule has 1 aromatic rings. The molecular formula is C9H12ClN3O2S. The molecule has 0 saturated carbocycles. The number of aromatic nitrogens is 2. The van der Waals surface area contributed by atoms with Crippen LogP contribution in [-0.2, 0) is 4.74 Å². The fraction of sp³-hybridized carbons (Fsp3) is 0.667. The van der Waals surface area contributed by atoms with Gasteiger partial charge in [-0.25, -0.2) is 0 Å². The largest absolute Gasteiger partial charge is 0.376 e. The van der Waals surface area contributed by atoms with Gasteiger partial charge in [-0.3, -0.25) is 4.79 Å². The van der Waals surface area contributed by atoms with Crippen LogP contribution in [0.15, 0.2) is 0 Å². The van der Waals surface area contributed by atoms with E-state index in [0.717, 1.165) is 17.8 Å². The lowest BCUT2D eigenvalue weighted by Crippen LogP contribution is -2.50. The van der Waals surface area contributed by atoms with Crippen LogP contribution < -0.4 is 5.32 Å². The zero-order chi connectivity index (χ0) is 11.8. The molecule has 1 aromatic heterocycles. The summed E-state index contributed by atoms with van der Waals surface area (Å²) in [7, 11) is 0. The van der Waals surface area contributed by atoms with Crippen molar-refractivity contribution in [1.82, 2.24) is 15.5 Å². The fourth-order valence-corrected chi connectivity index (χ4v) is 2.33. The van der Waals surface area contributed by atoms with Gasteiger partial charge in [0, 0.05) is 6.61 Å². The Balaban J connectivity index is 2.07. The Morgan fingerprint density at radius 3 is 2.94 bits per heavy atom. The molecule has 2 rings (SSSR count). The van der Waals surface area contributed by atoms with Gasteiger partial charge >= 0.3 is 0 Å². The highest BCUT2D eigenvalue weighted by Gasteiger charge is 2.38. The van der Waals surface area contributed by atoms with Crippen LogP contribution >= 0.6 is 22.9 Å². The lowest BCUT2D eigenvalue weighted by molar-refractivity contribution is 0.0726. The maximum absolute atomic E-state index is 11.8. The van der Waals surface area contributed by atoms with Crippen LogP contribution in [0.25, 0.3) is 0 Å². The molecule has 0 radical (unpaired) electrons. The standard InChI is InChI=1S/C9H12ClN3O2S/c1-5-9(2,3-4-15-5)11-6(14)7-12-13-8(10)16-7/h5H,3-4H2,1-2H3,(H,11,14). The van der Waals surface area contributed by atoms with E-state index in [1.807, 2.05) is 13.8 Å². The van der Waals surface area contributed by atoms with Crippen LogP contribution in [0.3, 0.4) is 0 Å². The molecule has 7 heteroatoms. The zero-order valence-corrected chi connectivity index (χ0v) is 10.6. The van der Waals surface area contributed by atoms with E-state index in [2.05, 4.69) is 15.5 Å². The van der Waals surface area contributed by atoms with Gasteiger partial charge in [0.2, 0.25) is 9.47 Å². The summed E-state index contributed by atoms with van der Waals surface area (Å²) in [6.45, 7) is 4.57. The first-order valence-electron chi connectivity index (χ1n) is 4.94. The van der Waals surface area contributed by atoms with E-state index in [0.29, 0.717) is 6.61 Å². The van der Waals surface area contributed by atoms with Crippen LogP contribution in [0.1, 0.15) is 30.1 Å². The van der Waals surface area contributed by atoms with E-state index < -0.39 is 0 Å². The van der Waals surface area contributed by atoms with Crippen LogP contribution in [0.2, 0.25) is 4.47 Å². The van der Waals surface area contributed by atoms with E-state index in [9.17, 15) is 4.79 Å². The van der Waals surface area contributed by atoms with Crippen LogP contribution in [0, 0.1) is 0 Å². The summed E-state index contributed by atoms with van der Waals surface area (Å²) in [5, 5.41) is 10.5. The number of carbonyl (C=O) groups is 1. The molecule has 16 heavy (non-hydrogen) atoms. The quantitative estimate of drug-likeness (QED) is 0.876. The molecule has 1 aliphatic rings. The summed E-state index contributed by atoms with van der Waals surface area (Å²) in [4.78, 5) is 11.8. The maximum Gasteiger partial charge on any atom is 0.282 e. The second-order valence-electron chi connectivity index (χ2n) is 3.99. The average molecular weight is 262 g/mol. The Morgan fingerprint density at radius 2 is 2.44 bits per heavy atom. The van der Waals surface area contributed by atoms with Gasteiger partial charge in [-0.2, -0.15) is 0 Å². The molecule has 88 valence electrons. The molecule has 0 spiro atoms. The van der Waals surface area contributed by atoms with Crippen molar-refractivity contribution in [2.45, 2.75) is 31.9 Å². The van der Waals surface area contributed by atoms with E-state index >= 15 is 0 Å². The van der Waals surface area contributed by atoms with E-state index in [1.165, 1.54) is 0 Å². The molecular weight excluding hydrogens is 250 g/mol. The summed E-state index contributed by atoms with van der Waals surface area (Å²) < 4.78 is 5.71. The van der Waals surface area contributed by atoms with Crippen LogP contribution in [0.5, 0.6) is 0 Å². The molecule has 2 heterocycles. The highest BCUT2D eigenvalue weighted by atomic mass is 35.5. The number of hydrogen-bond acceptors (Lipinski definition) is 5. The first-order valence-corrected chi connectivity index (χ1v) is 6.14. The predicted octanol–water partition coefficient (Wildman–Crippen LogP) is 1.49. The second kappa shape index (κ2) is 4.27. The van der Waals surface area contributed by atoms with Crippen molar-refractivity contribution in [2.24, 2.45) is 0 Å². The Kier molecular flexibility index (Phi) is 3.14. The maximum atomic E-state index is 11.8. The first kappa shape index (κ1) is 11.8. The van der Waals surface area contributed by atoms with Gasteiger partial charge in [0.25, 0.3) is 5.91 Å². The van der Waals surface area contributed by atoms with Gasteiger partial charge in [-0.05, 0) is 31.9 Å². The number of halogens is 1. The normalized spacial score (nSPS) is 29.3. The Morgan fingerprint density at radius 1 is 1.69 bits per heavy atom. The van der Waals surface area contributed by atoms with Crippen molar-refractivity contribution in [3.8, 4) is 0 Å². The van der Waals surface area contributed by atoms with Crippen LogP contribution in [-0.4, -0.2) is 34.4 Å². The minimum Gasteiger partial charge on any atom is -0.376 e. The van der Waals surface area contributed by atoms with Crippen molar-refractivity contribution >= 4 is 28.8 Å². The molecule has 0 bridgehead atoms. The molecule has 1 saturated heterocycles. The van der Waals surface area contributed by atoms with Gasteiger partial charge in [0.1, 0.15) is 0 Å². The molecule has 1 aliphatic heterocycles. The number of ether oxygens (including phenoxy) is 1. The number of amides is 1. The third-order valence-electron chi connectivity index (χ3n) is 2.88. The molecule has 1 amide bonds. The van der Waals surface area contributed by atoms with Crippen molar-refractivity contribution in [3.63, 3.8) is 0 Å². The Labute approximate surface area is 102 Å². The minimum atomic E-state index is -0.338. The van der Waals surface area contributed by atoms with Gasteiger partial charge < -0.3 is 10.1 Å². The molecule has 0 aliphatic carbocycles. The SMILES string of the molecule is CC1OCCC1(C)NC(=O)c1nnc(Cl)s1. The predicted molar refractivity (Wildman–Crippen MR) is 60.8 cm³/mol. The van der Waals surface area contributed by atoms with E-state index in [4.69, 9.17) is 16.3 Å². The lowest BCUT2D eigenvalue weighted by Gasteiger charge is -2.28. The number of rotatable bonds is 2. The van der Waals surface area contributed by atoms with Gasteiger partial charge in [0.05, 0.1) is 11.6 Å². The topological polar surface area (TPSA) is 64.1 Å². The number of nitrogens with one attached hydrogen (secondary N) is 1. The number of carbonyl (C=O) groups excluding carboxylic acids is 1. The van der Waals surface area contributed by atoms with Gasteiger partial charge in [-0.1, -0.05) is 11.3 Å². The average Bonchev–Trinajstić information content (AvgIpc) is 2.76. The van der Waals surface area contributed by atoms with Gasteiger partial charge in [-0.15, -0.1) is 10.2 Å². The van der Waals surface area contributed by atoms with Crippen LogP contribution in [0.4, 0.5) is 0 Å². The molecule has 5 nitrogen and oxygen atoms in total. The molecule has 0 aromatic carbocycles. The summed E-state index contributed by atoms with van der Waals surface area (Å²) in [6, 6.07) is 0. The minimum absolute atomic E-state index is 0.000145. The fourth-order valence-electron chi connectivity index (χ4n) is 1.61. The highest BCUT2D eigenvalue weighted by Crippen LogP contribution is 2.26. The Hall–Kier alpha value is -0.720. The smallest absolute Gasteiger partial charge is 0.282 e. The molecule has 2 unspecified atom stereocenters.